The van der Waals surface area contributed by atoms with Gasteiger partial charge in [0, 0.05) is 30.6 Å². The molecule has 1 unspecified atom stereocenters. The van der Waals surface area contributed by atoms with Gasteiger partial charge in [0.05, 0.1) is 33.7 Å². The highest BCUT2D eigenvalue weighted by Gasteiger charge is 2.37. The minimum atomic E-state index is -1.75. The van der Waals surface area contributed by atoms with Crippen molar-refractivity contribution in [3.63, 3.8) is 0 Å². The van der Waals surface area contributed by atoms with Crippen molar-refractivity contribution in [1.29, 1.82) is 5.26 Å². The van der Waals surface area contributed by atoms with Crippen molar-refractivity contribution in [3.05, 3.63) is 80.0 Å². The minimum absolute atomic E-state index is 0.0850. The maximum atomic E-state index is 15.4. The molecular weight excluding hydrogens is 656 g/mol. The summed E-state index contributed by atoms with van der Waals surface area (Å²) in [5, 5.41) is 22.5. The molecule has 5 rings (SSSR count). The number of aromatic nitrogens is 2. The summed E-state index contributed by atoms with van der Waals surface area (Å²) in [7, 11) is 0. The first kappa shape index (κ1) is 33.9. The number of fused-ring (bicyclic) bond motifs is 1. The van der Waals surface area contributed by atoms with Crippen molar-refractivity contribution in [1.82, 2.24) is 19.8 Å². The molecule has 4 heterocycles. The molecule has 1 amide bonds. The minimum Gasteiger partial charge on any atom is -0.504 e. The molecule has 2 aliphatic rings. The van der Waals surface area contributed by atoms with Crippen molar-refractivity contribution in [2.75, 3.05) is 18.0 Å². The molecule has 0 bridgehead atoms. The van der Waals surface area contributed by atoms with Gasteiger partial charge in [-0.15, -0.1) is 0 Å². The molecule has 1 saturated heterocycles. The number of dihydropyridines is 1. The molecular formula is C33H31Cl2F3N6O3. The zero-order valence-electron chi connectivity index (χ0n) is 26.1. The Balaban J connectivity index is 1.92. The van der Waals surface area contributed by atoms with Crippen LogP contribution in [0.15, 0.2) is 41.4 Å². The second-order valence-electron chi connectivity index (χ2n) is 12.0. The van der Waals surface area contributed by atoms with Crippen LogP contribution in [0.4, 0.5) is 18.9 Å². The molecule has 246 valence electrons. The average molecular weight is 688 g/mol. The van der Waals surface area contributed by atoms with Crippen LogP contribution >= 0.6 is 23.2 Å². The van der Waals surface area contributed by atoms with E-state index in [2.05, 4.69) is 22.9 Å². The van der Waals surface area contributed by atoms with E-state index in [-0.39, 0.29) is 64.3 Å². The van der Waals surface area contributed by atoms with Gasteiger partial charge in [-0.3, -0.25) is 14.2 Å². The van der Waals surface area contributed by atoms with Gasteiger partial charge in [-0.25, -0.2) is 18.2 Å². The van der Waals surface area contributed by atoms with E-state index in [1.807, 2.05) is 27.7 Å². The molecule has 0 radical (unpaired) electrons. The number of phenols is 1. The fourth-order valence-electron chi connectivity index (χ4n) is 6.48. The lowest BCUT2D eigenvalue weighted by Crippen LogP contribution is -2.58. The Labute approximate surface area is 278 Å². The third-order valence-electron chi connectivity index (χ3n) is 8.54. The first-order valence-electron chi connectivity index (χ1n) is 14.7. The van der Waals surface area contributed by atoms with Gasteiger partial charge < -0.3 is 20.2 Å². The molecule has 0 spiro atoms. The Morgan fingerprint density at radius 3 is 2.40 bits per heavy atom. The predicted octanol–water partition coefficient (Wildman–Crippen LogP) is 6.35. The van der Waals surface area contributed by atoms with Gasteiger partial charge in [0.25, 0.3) is 5.56 Å². The van der Waals surface area contributed by atoms with Crippen LogP contribution in [0.5, 0.6) is 5.75 Å². The number of hydrogen-bond donors (Lipinski definition) is 2. The van der Waals surface area contributed by atoms with Gasteiger partial charge in [-0.1, -0.05) is 43.6 Å². The van der Waals surface area contributed by atoms with Crippen molar-refractivity contribution in [2.45, 2.75) is 52.7 Å². The fourth-order valence-corrected chi connectivity index (χ4v) is 6.89. The van der Waals surface area contributed by atoms with Gasteiger partial charge in [-0.2, -0.15) is 5.26 Å². The van der Waals surface area contributed by atoms with Gasteiger partial charge >= 0.3 is 0 Å². The topological polar surface area (TPSA) is 114 Å². The van der Waals surface area contributed by atoms with Crippen LogP contribution in [0.25, 0.3) is 28.0 Å². The van der Waals surface area contributed by atoms with Crippen LogP contribution in [0.3, 0.4) is 0 Å². The summed E-state index contributed by atoms with van der Waals surface area (Å²) in [4.78, 5) is 35.1. The highest BCUT2D eigenvalue weighted by atomic mass is 35.5. The van der Waals surface area contributed by atoms with E-state index in [9.17, 15) is 24.3 Å². The number of allylic oxidation sites excluding steroid dienone is 2. The molecule has 3 atom stereocenters. The lowest BCUT2D eigenvalue weighted by atomic mass is 9.94. The molecule has 9 nitrogen and oxygen atoms in total. The number of hydrogen-bond acceptors (Lipinski definition) is 7. The van der Waals surface area contributed by atoms with Gasteiger partial charge in [0.2, 0.25) is 5.91 Å². The maximum Gasteiger partial charge on any atom is 0.276 e. The number of nitrogens with zero attached hydrogens (tertiary/aromatic N) is 5. The van der Waals surface area contributed by atoms with Gasteiger partial charge in [-0.05, 0) is 56.7 Å². The van der Waals surface area contributed by atoms with Crippen LogP contribution in [-0.2, 0) is 4.79 Å². The van der Waals surface area contributed by atoms with Gasteiger partial charge in [0.1, 0.15) is 22.3 Å². The Hall–Kier alpha value is -4.47. The van der Waals surface area contributed by atoms with Crippen molar-refractivity contribution < 1.29 is 23.1 Å². The summed E-state index contributed by atoms with van der Waals surface area (Å²) in [6, 6.07) is 2.15. The number of carbonyl (C=O) groups is 1. The molecule has 2 aliphatic heterocycles. The van der Waals surface area contributed by atoms with Crippen LogP contribution in [-0.4, -0.2) is 56.7 Å². The summed E-state index contributed by atoms with van der Waals surface area (Å²) < 4.78 is 46.7. The average Bonchev–Trinajstić information content (AvgIpc) is 3.02. The number of aromatic hydroxyl groups is 1. The zero-order valence-corrected chi connectivity index (χ0v) is 27.6. The summed E-state index contributed by atoms with van der Waals surface area (Å²) in [5.74, 6) is -6.77. The van der Waals surface area contributed by atoms with E-state index in [1.54, 1.807) is 29.0 Å². The predicted molar refractivity (Wildman–Crippen MR) is 176 cm³/mol. The number of nitrogens with one attached hydrogen (secondary N) is 1. The fraction of sp³-hybridized carbons (Fsp3) is 0.333. The molecule has 1 fully saturated rings. The van der Waals surface area contributed by atoms with Crippen molar-refractivity contribution in [2.24, 2.45) is 5.92 Å². The second kappa shape index (κ2) is 12.6. The summed E-state index contributed by atoms with van der Waals surface area (Å²) in [6.45, 7) is 13.2. The van der Waals surface area contributed by atoms with E-state index in [0.29, 0.717) is 11.3 Å². The number of carbonyl (C=O) groups excluding carboxylic acids is 1. The maximum absolute atomic E-state index is 15.4. The molecule has 2 aromatic heterocycles. The molecule has 47 heavy (non-hydrogen) atoms. The number of phenolic OH excluding ortho intramolecular Hbond substituents is 1. The molecule has 3 aromatic rings. The first-order chi connectivity index (χ1) is 22.2. The number of piperazine rings is 1. The SMILES string of the molecule is C=CC(=O)N1[C@H](C)CN(c2c(C#N)c(=O)n(C3=C(C)C=CNC3C(C)C)c3nc(-c4c(F)c(O)c(Cl)c(F)c4F)c(Cl)cc23)C[C@@H]1C. The van der Waals surface area contributed by atoms with E-state index in [0.717, 1.165) is 0 Å². The Kier molecular flexibility index (Phi) is 9.10. The normalized spacial score (nSPS) is 19.7. The Bertz CT molecular complexity index is 1980. The number of benzene rings is 1. The molecule has 1 aromatic carbocycles. The second-order valence-corrected chi connectivity index (χ2v) is 12.8. The number of nitriles is 1. The number of amides is 1. The Morgan fingerprint density at radius 2 is 1.83 bits per heavy atom. The zero-order chi connectivity index (χ0) is 34.6. The lowest BCUT2D eigenvalue weighted by molar-refractivity contribution is -0.130. The van der Waals surface area contributed by atoms with E-state index >= 15 is 8.78 Å². The molecule has 0 aliphatic carbocycles. The molecule has 2 N–H and O–H groups in total. The van der Waals surface area contributed by atoms with Crippen molar-refractivity contribution in [3.8, 4) is 23.1 Å². The molecule has 14 heteroatoms. The van der Waals surface area contributed by atoms with Crippen molar-refractivity contribution >= 4 is 51.5 Å². The highest BCUT2D eigenvalue weighted by Crippen LogP contribution is 2.43. The number of halogens is 5. The molecule has 0 saturated carbocycles. The Morgan fingerprint density at radius 1 is 1.19 bits per heavy atom. The lowest BCUT2D eigenvalue weighted by Gasteiger charge is -2.45. The number of rotatable bonds is 5. The standard InChI is InChI=1S/C33H31Cl2F3N6O3/c1-7-21(45)43-16(5)12-42(13-17(43)6)30-18-10-20(34)28(22-24(36)26(38)23(35)31(46)25(22)37)41-32(18)44(33(47)19(30)11-39)29-15(4)8-9-40-27(29)14(2)3/h7-10,14,16-17,27,40,46H,1,12-13H2,2-6H3/t16-,17+,27?. The quantitative estimate of drug-likeness (QED) is 0.183. The summed E-state index contributed by atoms with van der Waals surface area (Å²) in [6.07, 6.45) is 4.67. The van der Waals surface area contributed by atoms with E-state index in [1.165, 1.54) is 16.7 Å². The van der Waals surface area contributed by atoms with Crippen LogP contribution in [0, 0.1) is 34.7 Å². The number of anilines is 1. The summed E-state index contributed by atoms with van der Waals surface area (Å²) in [5.41, 5.74) is -1.58. The van der Waals surface area contributed by atoms with Crippen LogP contribution in [0.2, 0.25) is 10.0 Å². The highest BCUT2D eigenvalue weighted by molar-refractivity contribution is 6.34. The van der Waals surface area contributed by atoms with E-state index in [4.69, 9.17) is 23.2 Å². The monoisotopic (exact) mass is 686 g/mol. The van der Waals surface area contributed by atoms with Gasteiger partial charge in [0.15, 0.2) is 23.2 Å². The third-order valence-corrected chi connectivity index (χ3v) is 9.18. The largest absolute Gasteiger partial charge is 0.504 e. The van der Waals surface area contributed by atoms with E-state index < -0.39 is 51.1 Å². The summed E-state index contributed by atoms with van der Waals surface area (Å²) >= 11 is 12.2. The first-order valence-corrected chi connectivity index (χ1v) is 15.5. The smallest absolute Gasteiger partial charge is 0.276 e. The number of pyridine rings is 2. The van der Waals surface area contributed by atoms with Crippen LogP contribution < -0.4 is 15.8 Å². The van der Waals surface area contributed by atoms with Crippen LogP contribution in [0.1, 0.15) is 40.2 Å². The third kappa shape index (κ3) is 5.41.